The van der Waals surface area contributed by atoms with Crippen LogP contribution in [-0.4, -0.2) is 15.5 Å². The van der Waals surface area contributed by atoms with Gasteiger partial charge in [-0.1, -0.05) is 35.3 Å². The highest BCUT2D eigenvalue weighted by Gasteiger charge is 2.17. The predicted molar refractivity (Wildman–Crippen MR) is 80.3 cm³/mol. The van der Waals surface area contributed by atoms with Crippen molar-refractivity contribution >= 4 is 38.9 Å². The third-order valence-corrected chi connectivity index (χ3v) is 4.54. The summed E-state index contributed by atoms with van der Waals surface area (Å²) in [5.41, 5.74) is 0.307. The van der Waals surface area contributed by atoms with Crippen molar-refractivity contribution in [1.82, 2.24) is 0 Å². The van der Waals surface area contributed by atoms with Crippen LogP contribution in [0.4, 0.5) is 5.69 Å². The maximum absolute atomic E-state index is 12.2. The minimum Gasteiger partial charge on any atom is -0.495 e. The average molecular weight is 332 g/mol. The molecule has 0 saturated carbocycles. The summed E-state index contributed by atoms with van der Waals surface area (Å²) >= 11 is 11.9. The van der Waals surface area contributed by atoms with Crippen molar-refractivity contribution in [3.8, 4) is 5.75 Å². The number of rotatable bonds is 4. The largest absolute Gasteiger partial charge is 0.495 e. The average Bonchev–Trinajstić information content (AvgIpc) is 2.41. The van der Waals surface area contributed by atoms with Crippen molar-refractivity contribution in [2.24, 2.45) is 0 Å². The molecule has 0 radical (unpaired) electrons. The zero-order chi connectivity index (χ0) is 14.8. The summed E-state index contributed by atoms with van der Waals surface area (Å²) in [5.74, 6) is 0.406. The van der Waals surface area contributed by atoms with E-state index >= 15 is 0 Å². The van der Waals surface area contributed by atoms with Gasteiger partial charge in [0.1, 0.15) is 5.75 Å². The molecule has 0 aliphatic rings. The first-order chi connectivity index (χ1) is 9.44. The van der Waals surface area contributed by atoms with Crippen molar-refractivity contribution in [1.29, 1.82) is 0 Å². The lowest BCUT2D eigenvalue weighted by Gasteiger charge is -2.10. The Labute approximate surface area is 127 Å². The molecule has 0 unspecified atom stereocenters. The molecule has 2 aromatic carbocycles. The Hall–Kier alpha value is -1.43. The van der Waals surface area contributed by atoms with Crippen LogP contribution >= 0.6 is 23.2 Å². The van der Waals surface area contributed by atoms with Gasteiger partial charge in [0.15, 0.2) is 0 Å². The molecule has 106 valence electrons. The van der Waals surface area contributed by atoms with Crippen molar-refractivity contribution in [2.75, 3.05) is 11.8 Å². The molecule has 0 aliphatic heterocycles. The second-order valence-electron chi connectivity index (χ2n) is 3.88. The third-order valence-electron chi connectivity index (χ3n) is 2.55. The molecule has 0 amide bonds. The molecule has 2 aromatic rings. The second-order valence-corrected chi connectivity index (χ2v) is 6.38. The van der Waals surface area contributed by atoms with E-state index in [1.165, 1.54) is 25.3 Å². The lowest BCUT2D eigenvalue weighted by molar-refractivity contribution is 0.414. The van der Waals surface area contributed by atoms with Crippen LogP contribution in [0.2, 0.25) is 10.0 Å². The number of para-hydroxylation sites is 1. The van der Waals surface area contributed by atoms with Crippen LogP contribution in [-0.2, 0) is 10.0 Å². The molecule has 0 fully saturated rings. The van der Waals surface area contributed by atoms with E-state index < -0.39 is 10.0 Å². The van der Waals surface area contributed by atoms with E-state index in [1.54, 1.807) is 24.3 Å². The smallest absolute Gasteiger partial charge is 0.261 e. The summed E-state index contributed by atoms with van der Waals surface area (Å²) < 4.78 is 31.9. The number of benzene rings is 2. The number of hydrogen-bond donors (Lipinski definition) is 1. The molecule has 2 rings (SSSR count). The van der Waals surface area contributed by atoms with Crippen LogP contribution in [0.1, 0.15) is 0 Å². The van der Waals surface area contributed by atoms with Crippen molar-refractivity contribution in [3.05, 3.63) is 52.5 Å². The Kier molecular flexibility index (Phi) is 4.42. The van der Waals surface area contributed by atoms with Crippen molar-refractivity contribution in [2.45, 2.75) is 4.90 Å². The Morgan fingerprint density at radius 1 is 1.05 bits per heavy atom. The topological polar surface area (TPSA) is 55.4 Å². The summed E-state index contributed by atoms with van der Waals surface area (Å²) in [5, 5.41) is 0.533. The Morgan fingerprint density at radius 2 is 1.75 bits per heavy atom. The molecular formula is C13H11Cl2NO3S. The molecule has 7 heteroatoms. The first kappa shape index (κ1) is 15.0. The predicted octanol–water partition coefficient (Wildman–Crippen LogP) is 3.80. The number of methoxy groups -OCH3 is 1. The van der Waals surface area contributed by atoms with Crippen LogP contribution in [0.25, 0.3) is 0 Å². The summed E-state index contributed by atoms with van der Waals surface area (Å²) in [6, 6.07) is 10.8. The molecule has 0 spiro atoms. The van der Waals surface area contributed by atoms with E-state index in [-0.39, 0.29) is 9.92 Å². The van der Waals surface area contributed by atoms with E-state index in [0.717, 1.165) is 0 Å². The number of sulfonamides is 1. The fourth-order valence-corrected chi connectivity index (χ4v) is 3.23. The highest BCUT2D eigenvalue weighted by atomic mass is 35.5. The van der Waals surface area contributed by atoms with Gasteiger partial charge in [-0.25, -0.2) is 8.42 Å². The van der Waals surface area contributed by atoms with Gasteiger partial charge in [0.2, 0.25) is 0 Å². The Morgan fingerprint density at radius 3 is 2.35 bits per heavy atom. The van der Waals surface area contributed by atoms with Crippen LogP contribution in [0.15, 0.2) is 47.4 Å². The lowest BCUT2D eigenvalue weighted by Crippen LogP contribution is -2.13. The standard InChI is InChI=1S/C13H11Cl2NO3S/c1-19-13-7-6-9(8-11(13)15)20(17,18)16-12-5-3-2-4-10(12)14/h2-8,16H,1H3. The number of hydrogen-bond acceptors (Lipinski definition) is 3. The van der Waals surface area contributed by atoms with Crippen LogP contribution in [0, 0.1) is 0 Å². The molecule has 0 heterocycles. The molecule has 0 aliphatic carbocycles. The molecule has 0 bridgehead atoms. The van der Waals surface area contributed by atoms with E-state index in [4.69, 9.17) is 27.9 Å². The first-order valence-corrected chi connectivity index (χ1v) is 7.79. The van der Waals surface area contributed by atoms with Crippen molar-refractivity contribution in [3.63, 3.8) is 0 Å². The Balaban J connectivity index is 2.36. The van der Waals surface area contributed by atoms with Gasteiger partial charge < -0.3 is 4.74 Å². The fraction of sp³-hybridized carbons (Fsp3) is 0.0769. The highest BCUT2D eigenvalue weighted by molar-refractivity contribution is 7.92. The van der Waals surface area contributed by atoms with Crippen molar-refractivity contribution < 1.29 is 13.2 Å². The van der Waals surface area contributed by atoms with E-state index in [1.807, 2.05) is 0 Å². The normalized spacial score (nSPS) is 11.2. The maximum atomic E-state index is 12.2. The molecule has 0 saturated heterocycles. The van der Waals surface area contributed by atoms with Gasteiger partial charge in [0, 0.05) is 0 Å². The van der Waals surface area contributed by atoms with E-state index in [9.17, 15) is 8.42 Å². The second kappa shape index (κ2) is 5.91. The third kappa shape index (κ3) is 3.17. The van der Waals surface area contributed by atoms with Gasteiger partial charge in [0.05, 0.1) is 27.7 Å². The van der Waals surface area contributed by atoms with E-state index in [0.29, 0.717) is 16.5 Å². The first-order valence-electron chi connectivity index (χ1n) is 5.55. The van der Waals surface area contributed by atoms with E-state index in [2.05, 4.69) is 4.72 Å². The van der Waals surface area contributed by atoms with Crippen LogP contribution < -0.4 is 9.46 Å². The number of halogens is 2. The maximum Gasteiger partial charge on any atom is 0.261 e. The summed E-state index contributed by atoms with van der Waals surface area (Å²) in [6.07, 6.45) is 0. The quantitative estimate of drug-likeness (QED) is 0.926. The molecule has 0 aromatic heterocycles. The summed E-state index contributed by atoms with van der Waals surface area (Å²) in [4.78, 5) is 0.0308. The van der Waals surface area contributed by atoms with Gasteiger partial charge in [-0.3, -0.25) is 4.72 Å². The zero-order valence-corrected chi connectivity index (χ0v) is 12.8. The number of anilines is 1. The minimum absolute atomic E-state index is 0.0308. The highest BCUT2D eigenvalue weighted by Crippen LogP contribution is 2.29. The summed E-state index contributed by atoms with van der Waals surface area (Å²) in [6.45, 7) is 0. The SMILES string of the molecule is COc1ccc(S(=O)(=O)Nc2ccccc2Cl)cc1Cl. The molecule has 20 heavy (non-hydrogen) atoms. The molecular weight excluding hydrogens is 321 g/mol. The van der Waals surface area contributed by atoms with Gasteiger partial charge in [-0.2, -0.15) is 0 Å². The number of nitrogens with one attached hydrogen (secondary N) is 1. The lowest BCUT2D eigenvalue weighted by atomic mass is 10.3. The van der Waals surface area contributed by atoms with Gasteiger partial charge in [-0.15, -0.1) is 0 Å². The number of ether oxygens (including phenoxy) is 1. The zero-order valence-electron chi connectivity index (χ0n) is 10.4. The Bertz CT molecular complexity index is 732. The molecule has 0 atom stereocenters. The summed E-state index contributed by atoms with van der Waals surface area (Å²) in [7, 11) is -2.30. The molecule has 4 nitrogen and oxygen atoms in total. The van der Waals surface area contributed by atoms with Crippen LogP contribution in [0.3, 0.4) is 0 Å². The minimum atomic E-state index is -3.76. The van der Waals surface area contributed by atoms with Gasteiger partial charge in [0.25, 0.3) is 10.0 Å². The van der Waals surface area contributed by atoms with Gasteiger partial charge >= 0.3 is 0 Å². The fourth-order valence-electron chi connectivity index (χ4n) is 1.56. The van der Waals surface area contributed by atoms with Crippen LogP contribution in [0.5, 0.6) is 5.75 Å². The monoisotopic (exact) mass is 331 g/mol. The van der Waals surface area contributed by atoms with Gasteiger partial charge in [-0.05, 0) is 30.3 Å². The molecule has 1 N–H and O–H groups in total.